The standard InChI is InChI=1S/C27H41N5O8/c1-25(2,3)38-23(35)29-13-12-28-22-30-15-18(31-22)16-8-10-19-17(14-16)9-11-20(37-19)27(7,21(33)34)40-32-24(36)39-26(4,5)6/h8,10,14,18,20H,9,11-13,15H2,1-7H3,(H,29,35)(H,32,36)(H,33,34)(H2,28,30,31)/t18?,20-,27+/m1/s1. The number of nitrogens with one attached hydrogen (secondary N) is 4. The molecule has 1 aromatic rings. The van der Waals surface area contributed by atoms with Crippen LogP contribution in [-0.2, 0) is 25.5 Å². The minimum Gasteiger partial charge on any atom is -0.486 e. The normalized spacial score (nSPS) is 20.0. The van der Waals surface area contributed by atoms with Gasteiger partial charge in [-0.1, -0.05) is 6.07 Å². The van der Waals surface area contributed by atoms with Gasteiger partial charge in [0.1, 0.15) is 23.1 Å². The van der Waals surface area contributed by atoms with E-state index in [1.807, 2.05) is 12.1 Å². The van der Waals surface area contributed by atoms with Crippen LogP contribution in [0.5, 0.6) is 5.75 Å². The first-order valence-electron chi connectivity index (χ1n) is 13.3. The van der Waals surface area contributed by atoms with Gasteiger partial charge in [0, 0.05) is 19.6 Å². The molecule has 0 spiro atoms. The van der Waals surface area contributed by atoms with Crippen molar-refractivity contribution in [3.8, 4) is 5.75 Å². The maximum Gasteiger partial charge on any atom is 0.431 e. The van der Waals surface area contributed by atoms with Crippen LogP contribution in [0, 0.1) is 0 Å². The van der Waals surface area contributed by atoms with E-state index in [0.717, 1.165) is 11.1 Å². The molecule has 13 nitrogen and oxygen atoms in total. The Hall–Kier alpha value is -3.74. The molecule has 1 unspecified atom stereocenters. The maximum atomic E-state index is 12.1. The first-order valence-corrected chi connectivity index (χ1v) is 13.3. The second-order valence-electron chi connectivity index (χ2n) is 11.9. The second kappa shape index (κ2) is 12.2. The summed E-state index contributed by atoms with van der Waals surface area (Å²) in [6.45, 7) is 13.3. The summed E-state index contributed by atoms with van der Waals surface area (Å²) in [7, 11) is 0. The molecule has 3 rings (SSSR count). The fourth-order valence-corrected chi connectivity index (χ4v) is 4.10. The zero-order valence-corrected chi connectivity index (χ0v) is 24.2. The highest BCUT2D eigenvalue weighted by atomic mass is 16.7. The topological polar surface area (TPSA) is 169 Å². The summed E-state index contributed by atoms with van der Waals surface area (Å²) >= 11 is 0. The summed E-state index contributed by atoms with van der Waals surface area (Å²) < 4.78 is 16.4. The quantitative estimate of drug-likeness (QED) is 0.234. The van der Waals surface area contributed by atoms with Gasteiger partial charge in [0.2, 0.25) is 5.60 Å². The monoisotopic (exact) mass is 563 g/mol. The number of carboxylic acids is 1. The molecular formula is C27H41N5O8. The highest BCUT2D eigenvalue weighted by molar-refractivity contribution is 5.82. The van der Waals surface area contributed by atoms with Gasteiger partial charge in [0.05, 0.1) is 6.04 Å². The van der Waals surface area contributed by atoms with Crippen molar-refractivity contribution in [2.75, 3.05) is 19.6 Å². The van der Waals surface area contributed by atoms with E-state index in [-0.39, 0.29) is 6.04 Å². The van der Waals surface area contributed by atoms with Crippen molar-refractivity contribution in [3.63, 3.8) is 0 Å². The van der Waals surface area contributed by atoms with Gasteiger partial charge in [0.25, 0.3) is 0 Å². The Morgan fingerprint density at radius 2 is 1.73 bits per heavy atom. The number of carboxylic acid groups (broad SMARTS) is 1. The molecule has 1 aromatic carbocycles. The average Bonchev–Trinajstić information content (AvgIpc) is 3.31. The molecule has 0 aromatic heterocycles. The molecule has 13 heteroatoms. The molecule has 2 amide bonds. The van der Waals surface area contributed by atoms with Crippen molar-refractivity contribution in [1.29, 1.82) is 0 Å². The lowest BCUT2D eigenvalue weighted by molar-refractivity contribution is -0.190. The number of fused-ring (bicyclic) bond motifs is 1. The van der Waals surface area contributed by atoms with E-state index < -0.39 is 41.1 Å². The van der Waals surface area contributed by atoms with Crippen molar-refractivity contribution in [1.82, 2.24) is 21.4 Å². The van der Waals surface area contributed by atoms with Crippen LogP contribution in [0.1, 0.15) is 72.1 Å². The molecule has 0 fully saturated rings. The Balaban J connectivity index is 1.56. The molecule has 0 saturated heterocycles. The van der Waals surface area contributed by atoms with Gasteiger partial charge in [-0.15, -0.1) is 0 Å². The number of amides is 2. The highest BCUT2D eigenvalue weighted by Crippen LogP contribution is 2.35. The predicted octanol–water partition coefficient (Wildman–Crippen LogP) is 2.79. The fourth-order valence-electron chi connectivity index (χ4n) is 4.10. The molecule has 2 aliphatic rings. The molecular weight excluding hydrogens is 522 g/mol. The molecule has 2 aliphatic heterocycles. The molecule has 0 aliphatic carbocycles. The summed E-state index contributed by atoms with van der Waals surface area (Å²) in [4.78, 5) is 45.9. The van der Waals surface area contributed by atoms with Crippen molar-refractivity contribution in [2.24, 2.45) is 4.99 Å². The minimum atomic E-state index is -1.84. The number of hydroxylamine groups is 1. The number of aryl methyl sites for hydroxylation is 1. The van der Waals surface area contributed by atoms with Crippen molar-refractivity contribution in [2.45, 2.75) is 90.3 Å². The lowest BCUT2D eigenvalue weighted by atomic mass is 9.90. The van der Waals surface area contributed by atoms with Gasteiger partial charge in [-0.2, -0.15) is 5.48 Å². The van der Waals surface area contributed by atoms with Crippen molar-refractivity contribution in [3.05, 3.63) is 29.3 Å². The number of ether oxygens (including phenoxy) is 3. The Labute approximate surface area is 234 Å². The summed E-state index contributed by atoms with van der Waals surface area (Å²) in [6.07, 6.45) is -1.30. The van der Waals surface area contributed by atoms with Crippen LogP contribution in [0.2, 0.25) is 0 Å². The van der Waals surface area contributed by atoms with Gasteiger partial charge in [-0.25, -0.2) is 24.2 Å². The van der Waals surface area contributed by atoms with Gasteiger partial charge in [-0.3, -0.25) is 0 Å². The smallest absolute Gasteiger partial charge is 0.431 e. The first kappa shape index (κ1) is 30.8. The molecule has 3 atom stereocenters. The number of carbonyl (C=O) groups is 3. The third-order valence-electron chi connectivity index (χ3n) is 6.03. The van der Waals surface area contributed by atoms with Crippen molar-refractivity contribution >= 4 is 24.1 Å². The molecule has 2 heterocycles. The minimum absolute atomic E-state index is 0.116. The van der Waals surface area contributed by atoms with E-state index in [9.17, 15) is 19.5 Å². The van der Waals surface area contributed by atoms with E-state index in [1.54, 1.807) is 47.6 Å². The maximum absolute atomic E-state index is 12.1. The SMILES string of the molecule is CC(C)(C)OC(=O)NCCNC1=NC(c2ccc3c(c2)CC[C@H]([C@](C)(ONC(=O)OC(C)(C)C)C(=O)O)O3)CN1. The molecule has 40 heavy (non-hydrogen) atoms. The molecule has 222 valence electrons. The van der Waals surface area contributed by atoms with Crippen molar-refractivity contribution < 1.29 is 38.5 Å². The van der Waals surface area contributed by atoms with E-state index in [2.05, 4.69) is 26.4 Å². The lowest BCUT2D eigenvalue weighted by Crippen LogP contribution is -2.56. The third-order valence-corrected chi connectivity index (χ3v) is 6.03. The van der Waals surface area contributed by atoms with Gasteiger partial charge in [-0.05, 0) is 84.6 Å². The highest BCUT2D eigenvalue weighted by Gasteiger charge is 2.47. The number of alkyl carbamates (subject to hydrolysis) is 1. The Kier molecular flexibility index (Phi) is 9.39. The number of guanidine groups is 1. The number of carbonyl (C=O) groups excluding carboxylic acids is 2. The zero-order chi connectivity index (χ0) is 29.7. The fraction of sp³-hybridized carbons (Fsp3) is 0.630. The molecule has 5 N–H and O–H groups in total. The summed E-state index contributed by atoms with van der Waals surface area (Å²) in [5.41, 5.74) is 0.850. The third kappa shape index (κ3) is 8.63. The summed E-state index contributed by atoms with van der Waals surface area (Å²) in [5.74, 6) is -0.0898. The average molecular weight is 564 g/mol. The lowest BCUT2D eigenvalue weighted by Gasteiger charge is -2.36. The summed E-state index contributed by atoms with van der Waals surface area (Å²) in [5, 5.41) is 19.0. The summed E-state index contributed by atoms with van der Waals surface area (Å²) in [6, 6.07) is 5.58. The second-order valence-corrected chi connectivity index (χ2v) is 11.9. The number of hydrogen-bond acceptors (Lipinski definition) is 10. The Morgan fingerprint density at radius 3 is 2.38 bits per heavy atom. The van der Waals surface area contributed by atoms with Gasteiger partial charge >= 0.3 is 18.2 Å². The van der Waals surface area contributed by atoms with E-state index in [4.69, 9.17) is 19.0 Å². The van der Waals surface area contributed by atoms with Gasteiger partial charge in [0.15, 0.2) is 5.96 Å². The van der Waals surface area contributed by atoms with E-state index in [1.165, 1.54) is 6.92 Å². The van der Waals surface area contributed by atoms with Gasteiger partial charge < -0.3 is 35.3 Å². The van der Waals surface area contributed by atoms with E-state index >= 15 is 0 Å². The van der Waals surface area contributed by atoms with Crippen LogP contribution in [-0.4, -0.2) is 71.8 Å². The molecule has 0 bridgehead atoms. The predicted molar refractivity (Wildman–Crippen MR) is 146 cm³/mol. The van der Waals surface area contributed by atoms with Crippen LogP contribution in [0.25, 0.3) is 0 Å². The Bertz CT molecular complexity index is 1130. The largest absolute Gasteiger partial charge is 0.486 e. The van der Waals surface area contributed by atoms with Crippen LogP contribution in [0.3, 0.4) is 0 Å². The number of aliphatic carboxylic acids is 1. The number of nitrogens with zero attached hydrogens (tertiary/aromatic N) is 1. The van der Waals surface area contributed by atoms with Crippen LogP contribution in [0.15, 0.2) is 23.2 Å². The number of benzene rings is 1. The molecule has 0 saturated carbocycles. The number of rotatable bonds is 8. The van der Waals surface area contributed by atoms with Crippen LogP contribution >= 0.6 is 0 Å². The first-order chi connectivity index (χ1) is 18.6. The molecule has 0 radical (unpaired) electrons. The number of aliphatic imine (C=N–C) groups is 1. The van der Waals surface area contributed by atoms with Crippen LogP contribution in [0.4, 0.5) is 9.59 Å². The van der Waals surface area contributed by atoms with Crippen LogP contribution < -0.4 is 26.2 Å². The van der Waals surface area contributed by atoms with E-state index in [0.29, 0.717) is 44.2 Å². The number of hydrogen-bond donors (Lipinski definition) is 5. The Morgan fingerprint density at radius 1 is 1.05 bits per heavy atom. The zero-order valence-electron chi connectivity index (χ0n) is 24.2.